The van der Waals surface area contributed by atoms with E-state index in [4.69, 9.17) is 21.9 Å². The standard InChI is InChI=1S/C25H20ClN5O/c1-31(2)19-10-5-15(6-11-19)22-14-23(29-25(27)28-22)17-7-12-21-20(13-17)24(32-30-21)16-3-8-18(26)9-4-16/h3-14H,1-2H3,(H2,27,28,29). The quantitative estimate of drug-likeness (QED) is 0.372. The SMILES string of the molecule is CN(C)c1ccc(-c2cc(-c3ccc4noc(-c5ccc(Cl)cc5)c4c3)nc(N)n2)cc1. The molecule has 0 bridgehead atoms. The van der Waals surface area contributed by atoms with Crippen LogP contribution in [0.2, 0.25) is 5.02 Å². The van der Waals surface area contributed by atoms with Crippen molar-refractivity contribution in [1.82, 2.24) is 15.1 Å². The monoisotopic (exact) mass is 441 g/mol. The molecule has 2 N–H and O–H groups in total. The maximum atomic E-state index is 6.07. The van der Waals surface area contributed by atoms with Crippen molar-refractivity contribution in [1.29, 1.82) is 0 Å². The van der Waals surface area contributed by atoms with Gasteiger partial charge in [-0.05, 0) is 54.6 Å². The van der Waals surface area contributed by atoms with Crippen molar-refractivity contribution in [3.63, 3.8) is 0 Å². The minimum Gasteiger partial charge on any atom is -0.378 e. The number of benzene rings is 3. The number of aromatic nitrogens is 3. The van der Waals surface area contributed by atoms with Crippen LogP contribution in [0.5, 0.6) is 0 Å². The van der Waals surface area contributed by atoms with Gasteiger partial charge in [-0.1, -0.05) is 35.0 Å². The lowest BCUT2D eigenvalue weighted by atomic mass is 10.0. The minimum absolute atomic E-state index is 0.220. The summed E-state index contributed by atoms with van der Waals surface area (Å²) >= 11 is 6.03. The van der Waals surface area contributed by atoms with Crippen LogP contribution in [-0.4, -0.2) is 29.2 Å². The average molecular weight is 442 g/mol. The number of nitrogens with zero attached hydrogens (tertiary/aromatic N) is 4. The Labute approximate surface area is 190 Å². The molecule has 5 rings (SSSR count). The van der Waals surface area contributed by atoms with Crippen molar-refractivity contribution >= 4 is 34.1 Å². The third kappa shape index (κ3) is 3.76. The molecule has 2 heterocycles. The molecule has 0 unspecified atom stereocenters. The van der Waals surface area contributed by atoms with Gasteiger partial charge in [-0.25, -0.2) is 9.97 Å². The molecule has 7 heteroatoms. The fraction of sp³-hybridized carbons (Fsp3) is 0.0800. The molecule has 0 amide bonds. The molecule has 5 aromatic rings. The maximum absolute atomic E-state index is 6.07. The van der Waals surface area contributed by atoms with E-state index in [2.05, 4.69) is 32.2 Å². The zero-order chi connectivity index (χ0) is 22.2. The Balaban J connectivity index is 1.58. The van der Waals surface area contributed by atoms with Gasteiger partial charge in [0.05, 0.1) is 16.8 Å². The highest BCUT2D eigenvalue weighted by atomic mass is 35.5. The van der Waals surface area contributed by atoms with Crippen molar-refractivity contribution in [3.8, 4) is 33.8 Å². The minimum atomic E-state index is 0.220. The van der Waals surface area contributed by atoms with Gasteiger partial charge in [0.2, 0.25) is 5.95 Å². The van der Waals surface area contributed by atoms with E-state index < -0.39 is 0 Å². The van der Waals surface area contributed by atoms with Crippen molar-refractivity contribution in [2.75, 3.05) is 24.7 Å². The lowest BCUT2D eigenvalue weighted by Crippen LogP contribution is -2.08. The molecule has 0 aliphatic carbocycles. The summed E-state index contributed by atoms with van der Waals surface area (Å²) in [7, 11) is 4.02. The summed E-state index contributed by atoms with van der Waals surface area (Å²) in [6, 6.07) is 23.5. The number of nitrogen functional groups attached to an aromatic ring is 1. The van der Waals surface area contributed by atoms with Crippen molar-refractivity contribution in [2.45, 2.75) is 0 Å². The van der Waals surface area contributed by atoms with Crippen LogP contribution in [0.4, 0.5) is 11.6 Å². The van der Waals surface area contributed by atoms with Gasteiger partial charge in [0.1, 0.15) is 5.52 Å². The zero-order valence-electron chi connectivity index (χ0n) is 17.6. The summed E-state index contributed by atoms with van der Waals surface area (Å²) in [6.07, 6.45) is 0. The van der Waals surface area contributed by atoms with Gasteiger partial charge in [0.15, 0.2) is 5.76 Å². The lowest BCUT2D eigenvalue weighted by molar-refractivity contribution is 0.441. The first-order valence-corrected chi connectivity index (χ1v) is 10.4. The van der Waals surface area contributed by atoms with Crippen LogP contribution in [0.25, 0.3) is 44.7 Å². The zero-order valence-corrected chi connectivity index (χ0v) is 18.3. The van der Waals surface area contributed by atoms with Gasteiger partial charge in [0.25, 0.3) is 0 Å². The maximum Gasteiger partial charge on any atom is 0.221 e. The van der Waals surface area contributed by atoms with E-state index in [0.717, 1.165) is 44.7 Å². The average Bonchev–Trinajstić information content (AvgIpc) is 3.22. The highest BCUT2D eigenvalue weighted by Crippen LogP contribution is 2.33. The van der Waals surface area contributed by atoms with Crippen LogP contribution in [0.1, 0.15) is 0 Å². The van der Waals surface area contributed by atoms with E-state index >= 15 is 0 Å². The molecule has 0 atom stereocenters. The van der Waals surface area contributed by atoms with Gasteiger partial charge >= 0.3 is 0 Å². The van der Waals surface area contributed by atoms with Crippen LogP contribution in [0.3, 0.4) is 0 Å². The van der Waals surface area contributed by atoms with Crippen molar-refractivity contribution < 1.29 is 4.52 Å². The normalized spacial score (nSPS) is 11.1. The van der Waals surface area contributed by atoms with E-state index in [0.29, 0.717) is 10.8 Å². The number of nitrogens with two attached hydrogens (primary N) is 1. The second-order valence-electron chi connectivity index (χ2n) is 7.69. The summed E-state index contributed by atoms with van der Waals surface area (Å²) in [5.41, 5.74) is 12.2. The Morgan fingerprint density at radius 3 is 2.09 bits per heavy atom. The highest BCUT2D eigenvalue weighted by Gasteiger charge is 2.14. The van der Waals surface area contributed by atoms with Gasteiger partial charge in [-0.2, -0.15) is 0 Å². The van der Waals surface area contributed by atoms with E-state index in [-0.39, 0.29) is 5.95 Å². The van der Waals surface area contributed by atoms with Crippen LogP contribution in [0.15, 0.2) is 77.3 Å². The number of hydrogen-bond donors (Lipinski definition) is 1. The molecular weight excluding hydrogens is 422 g/mol. The predicted octanol–water partition coefficient (Wildman–Crippen LogP) is 5.92. The van der Waals surface area contributed by atoms with Crippen LogP contribution in [0, 0.1) is 0 Å². The topological polar surface area (TPSA) is 81.1 Å². The van der Waals surface area contributed by atoms with Gasteiger partial charge in [-0.3, -0.25) is 0 Å². The van der Waals surface area contributed by atoms with Crippen LogP contribution < -0.4 is 10.6 Å². The highest BCUT2D eigenvalue weighted by molar-refractivity contribution is 6.30. The molecule has 0 saturated carbocycles. The largest absolute Gasteiger partial charge is 0.378 e. The smallest absolute Gasteiger partial charge is 0.221 e. The first kappa shape index (κ1) is 20.0. The third-order valence-corrected chi connectivity index (χ3v) is 5.55. The van der Waals surface area contributed by atoms with E-state index in [1.54, 1.807) is 0 Å². The Hall–Kier alpha value is -3.90. The number of fused-ring (bicyclic) bond motifs is 1. The van der Waals surface area contributed by atoms with Crippen molar-refractivity contribution in [2.24, 2.45) is 0 Å². The summed E-state index contributed by atoms with van der Waals surface area (Å²) < 4.78 is 5.62. The van der Waals surface area contributed by atoms with Crippen LogP contribution in [-0.2, 0) is 0 Å². The van der Waals surface area contributed by atoms with Crippen molar-refractivity contribution in [3.05, 3.63) is 77.8 Å². The fourth-order valence-corrected chi connectivity index (χ4v) is 3.73. The number of anilines is 2. The molecule has 0 fully saturated rings. The number of halogens is 1. The molecule has 0 radical (unpaired) electrons. The summed E-state index contributed by atoms with van der Waals surface area (Å²) in [5.74, 6) is 0.901. The van der Waals surface area contributed by atoms with E-state index in [9.17, 15) is 0 Å². The molecular formula is C25H20ClN5O. The Kier molecular flexibility index (Phi) is 4.99. The van der Waals surface area contributed by atoms with E-state index in [1.807, 2.05) is 74.8 Å². The van der Waals surface area contributed by atoms with Crippen LogP contribution >= 0.6 is 11.6 Å². The molecule has 0 aliphatic heterocycles. The molecule has 2 aromatic heterocycles. The number of rotatable bonds is 4. The lowest BCUT2D eigenvalue weighted by Gasteiger charge is -2.13. The van der Waals surface area contributed by atoms with Gasteiger partial charge in [-0.15, -0.1) is 0 Å². The second-order valence-corrected chi connectivity index (χ2v) is 8.12. The fourth-order valence-electron chi connectivity index (χ4n) is 3.60. The Morgan fingerprint density at radius 2 is 1.41 bits per heavy atom. The van der Waals surface area contributed by atoms with E-state index in [1.165, 1.54) is 0 Å². The summed E-state index contributed by atoms with van der Waals surface area (Å²) in [5, 5.41) is 5.74. The predicted molar refractivity (Wildman–Crippen MR) is 130 cm³/mol. The first-order valence-electron chi connectivity index (χ1n) is 10.1. The number of hydrogen-bond acceptors (Lipinski definition) is 6. The molecule has 0 saturated heterocycles. The summed E-state index contributed by atoms with van der Waals surface area (Å²) in [6.45, 7) is 0. The third-order valence-electron chi connectivity index (χ3n) is 5.30. The molecule has 6 nitrogen and oxygen atoms in total. The summed E-state index contributed by atoms with van der Waals surface area (Å²) in [4.78, 5) is 11.0. The molecule has 158 valence electrons. The Morgan fingerprint density at radius 1 is 0.781 bits per heavy atom. The van der Waals surface area contributed by atoms with Gasteiger partial charge in [0, 0.05) is 41.5 Å². The molecule has 0 spiro atoms. The molecule has 0 aliphatic rings. The molecule has 3 aromatic carbocycles. The second kappa shape index (κ2) is 7.98. The Bertz CT molecular complexity index is 1410. The van der Waals surface area contributed by atoms with Gasteiger partial charge < -0.3 is 15.2 Å². The first-order chi connectivity index (χ1) is 15.5. The molecule has 32 heavy (non-hydrogen) atoms.